The van der Waals surface area contributed by atoms with Gasteiger partial charge in [-0.1, -0.05) is 31.3 Å². The van der Waals surface area contributed by atoms with Crippen LogP contribution in [0, 0.1) is 6.92 Å². The lowest BCUT2D eigenvalue weighted by Gasteiger charge is -2.11. The van der Waals surface area contributed by atoms with Crippen molar-refractivity contribution < 1.29 is 22.5 Å². The highest BCUT2D eigenvalue weighted by Crippen LogP contribution is 2.18. The van der Waals surface area contributed by atoms with Gasteiger partial charge in [0.15, 0.2) is 10.9 Å². The van der Waals surface area contributed by atoms with Gasteiger partial charge in [0, 0.05) is 17.3 Å². The molecule has 0 aliphatic rings. The van der Waals surface area contributed by atoms with E-state index in [1.54, 1.807) is 31.2 Å². The third-order valence-electron chi connectivity index (χ3n) is 4.90. The normalized spacial score (nSPS) is 11.0. The number of aryl methyl sites for hydroxylation is 1. The molecule has 0 saturated carbocycles. The minimum Gasteiger partial charge on any atom is -0.494 e. The van der Waals surface area contributed by atoms with Crippen LogP contribution in [0.3, 0.4) is 0 Å². The smallest absolute Gasteiger partial charge is 0.263 e. The van der Waals surface area contributed by atoms with Crippen molar-refractivity contribution in [3.8, 4) is 5.75 Å². The molecule has 0 spiro atoms. The molecule has 1 aromatic heterocycles. The average Bonchev–Trinajstić information content (AvgIpc) is 3.23. The van der Waals surface area contributed by atoms with Crippen LogP contribution in [-0.4, -0.2) is 31.2 Å². The lowest BCUT2D eigenvalue weighted by Crippen LogP contribution is -2.34. The molecule has 0 fully saturated rings. The number of nitrogens with zero attached hydrogens (tertiary/aromatic N) is 1. The zero-order valence-corrected chi connectivity index (χ0v) is 21.2. The summed E-state index contributed by atoms with van der Waals surface area (Å²) in [7, 11) is -3.83. The van der Waals surface area contributed by atoms with Crippen LogP contribution in [-0.2, 0) is 10.0 Å². The Labute approximate surface area is 210 Å². The summed E-state index contributed by atoms with van der Waals surface area (Å²) in [5.74, 6) is 0.922. The summed E-state index contributed by atoms with van der Waals surface area (Å²) in [6.45, 7) is 4.47. The van der Waals surface area contributed by atoms with Gasteiger partial charge >= 0.3 is 0 Å². The van der Waals surface area contributed by atoms with E-state index >= 15 is 0 Å². The lowest BCUT2D eigenvalue weighted by molar-refractivity contribution is 0.0977. The van der Waals surface area contributed by atoms with Gasteiger partial charge < -0.3 is 14.6 Å². The van der Waals surface area contributed by atoms with Crippen molar-refractivity contribution in [2.45, 2.75) is 44.4 Å². The molecule has 3 N–H and O–H groups in total. The van der Waals surface area contributed by atoms with E-state index in [-0.39, 0.29) is 21.7 Å². The second-order valence-corrected chi connectivity index (χ2v) is 9.89. The Morgan fingerprint density at radius 3 is 2.40 bits per heavy atom. The number of sulfonamides is 1. The molecule has 35 heavy (non-hydrogen) atoms. The molecule has 9 nitrogen and oxygen atoms in total. The number of rotatable bonds is 11. The number of anilines is 2. The number of unbranched alkanes of at least 4 members (excludes halogenated alkanes) is 3. The van der Waals surface area contributed by atoms with E-state index in [4.69, 9.17) is 21.5 Å². The summed E-state index contributed by atoms with van der Waals surface area (Å²) in [6, 6.07) is 14.2. The number of nitrogens with one attached hydrogen (secondary N) is 3. The number of benzene rings is 2. The van der Waals surface area contributed by atoms with Crippen molar-refractivity contribution in [2.75, 3.05) is 16.6 Å². The third kappa shape index (κ3) is 8.08. The van der Waals surface area contributed by atoms with Crippen LogP contribution in [0.15, 0.2) is 64.0 Å². The number of ether oxygens (including phenoxy) is 1. The maximum atomic E-state index is 12.5. The Morgan fingerprint density at radius 1 is 1.06 bits per heavy atom. The van der Waals surface area contributed by atoms with Gasteiger partial charge in [-0.15, -0.1) is 0 Å². The molecule has 0 bridgehead atoms. The Kier molecular flexibility index (Phi) is 9.21. The Hall–Kier alpha value is -3.44. The van der Waals surface area contributed by atoms with Gasteiger partial charge in [0.05, 0.1) is 11.5 Å². The van der Waals surface area contributed by atoms with Crippen molar-refractivity contribution in [1.29, 1.82) is 0 Å². The number of carbonyl (C=O) groups is 1. The topological polar surface area (TPSA) is 123 Å². The van der Waals surface area contributed by atoms with Crippen molar-refractivity contribution in [2.24, 2.45) is 0 Å². The Morgan fingerprint density at radius 2 is 1.77 bits per heavy atom. The van der Waals surface area contributed by atoms with Gasteiger partial charge in [-0.25, -0.2) is 8.42 Å². The summed E-state index contributed by atoms with van der Waals surface area (Å²) in [5, 5.41) is 9.17. The van der Waals surface area contributed by atoms with E-state index in [2.05, 4.69) is 27.4 Å². The molecule has 3 rings (SSSR count). The van der Waals surface area contributed by atoms with Gasteiger partial charge in [0.1, 0.15) is 11.5 Å². The van der Waals surface area contributed by atoms with E-state index in [1.807, 2.05) is 0 Å². The molecular weight excluding hydrogens is 488 g/mol. The first kappa shape index (κ1) is 26.2. The highest BCUT2D eigenvalue weighted by molar-refractivity contribution is 7.92. The SMILES string of the molecule is CCCCCCOc1ccc(C(=O)NC(=S)Nc2ccc(S(=O)(=O)Nc3cc(C)on3)cc2)cc1. The van der Waals surface area contributed by atoms with Crippen LogP contribution >= 0.6 is 12.2 Å². The molecule has 0 unspecified atom stereocenters. The summed E-state index contributed by atoms with van der Waals surface area (Å²) >= 11 is 5.21. The predicted octanol–water partition coefficient (Wildman–Crippen LogP) is 4.87. The third-order valence-corrected chi connectivity index (χ3v) is 6.47. The number of carbonyl (C=O) groups excluding carboxylic acids is 1. The molecule has 0 aliphatic heterocycles. The molecule has 3 aromatic rings. The van der Waals surface area contributed by atoms with Gasteiger partial charge in [0.2, 0.25) is 0 Å². The van der Waals surface area contributed by atoms with Gasteiger partial charge in [-0.2, -0.15) is 0 Å². The van der Waals surface area contributed by atoms with Crippen molar-refractivity contribution in [3.05, 3.63) is 65.9 Å². The molecule has 11 heteroatoms. The molecule has 0 aliphatic carbocycles. The molecule has 0 saturated heterocycles. The monoisotopic (exact) mass is 516 g/mol. The quantitative estimate of drug-likeness (QED) is 0.244. The van der Waals surface area contributed by atoms with Crippen LogP contribution in [0.2, 0.25) is 0 Å². The van der Waals surface area contributed by atoms with Crippen LogP contribution in [0.25, 0.3) is 0 Å². The standard InChI is InChI=1S/C24H28N4O5S2/c1-3-4-5-6-15-32-20-11-7-18(8-12-20)23(29)26-24(34)25-19-9-13-21(14-10-19)35(30,31)28-22-16-17(2)33-27-22/h7-14,16H,3-6,15H2,1-2H3,(H,27,28)(H2,25,26,29,34). The number of amides is 1. The van der Waals surface area contributed by atoms with Crippen molar-refractivity contribution in [3.63, 3.8) is 0 Å². The maximum Gasteiger partial charge on any atom is 0.263 e. The van der Waals surface area contributed by atoms with E-state index in [0.29, 0.717) is 29.4 Å². The summed E-state index contributed by atoms with van der Waals surface area (Å²) in [6.07, 6.45) is 4.51. The van der Waals surface area contributed by atoms with Crippen LogP contribution in [0.4, 0.5) is 11.5 Å². The first-order valence-electron chi connectivity index (χ1n) is 11.2. The highest BCUT2D eigenvalue weighted by Gasteiger charge is 2.16. The Bertz CT molecular complexity index is 1240. The van der Waals surface area contributed by atoms with Crippen LogP contribution in [0.1, 0.15) is 48.7 Å². The molecule has 1 heterocycles. The lowest BCUT2D eigenvalue weighted by atomic mass is 10.2. The first-order chi connectivity index (χ1) is 16.8. The van der Waals surface area contributed by atoms with E-state index in [0.717, 1.165) is 12.8 Å². The summed E-state index contributed by atoms with van der Waals surface area (Å²) < 4.78 is 37.8. The zero-order chi connectivity index (χ0) is 25.3. The summed E-state index contributed by atoms with van der Waals surface area (Å²) in [5.41, 5.74) is 0.946. The molecule has 1 amide bonds. The molecule has 0 atom stereocenters. The fraction of sp³-hybridized carbons (Fsp3) is 0.292. The summed E-state index contributed by atoms with van der Waals surface area (Å²) in [4.78, 5) is 12.5. The molecule has 0 radical (unpaired) electrons. The van der Waals surface area contributed by atoms with Crippen molar-refractivity contribution in [1.82, 2.24) is 10.5 Å². The minimum atomic E-state index is -3.83. The van der Waals surface area contributed by atoms with Gasteiger partial charge in [-0.3, -0.25) is 14.8 Å². The first-order valence-corrected chi connectivity index (χ1v) is 13.1. The number of hydrogen-bond donors (Lipinski definition) is 3. The molecule has 2 aromatic carbocycles. The molecule has 186 valence electrons. The van der Waals surface area contributed by atoms with E-state index in [1.165, 1.54) is 43.2 Å². The minimum absolute atomic E-state index is 0.0336. The van der Waals surface area contributed by atoms with Crippen LogP contribution in [0.5, 0.6) is 5.75 Å². The van der Waals surface area contributed by atoms with Crippen molar-refractivity contribution >= 4 is 44.8 Å². The number of aromatic nitrogens is 1. The van der Waals surface area contributed by atoms with Crippen LogP contribution < -0.4 is 20.1 Å². The van der Waals surface area contributed by atoms with E-state index in [9.17, 15) is 13.2 Å². The average molecular weight is 517 g/mol. The largest absolute Gasteiger partial charge is 0.494 e. The highest BCUT2D eigenvalue weighted by atomic mass is 32.2. The predicted molar refractivity (Wildman–Crippen MR) is 138 cm³/mol. The van der Waals surface area contributed by atoms with Gasteiger partial charge in [-0.05, 0) is 74.1 Å². The second-order valence-electron chi connectivity index (χ2n) is 7.79. The fourth-order valence-electron chi connectivity index (χ4n) is 3.09. The second kappa shape index (κ2) is 12.3. The molecular formula is C24H28N4O5S2. The maximum absolute atomic E-state index is 12.5. The zero-order valence-electron chi connectivity index (χ0n) is 19.5. The van der Waals surface area contributed by atoms with Gasteiger partial charge in [0.25, 0.3) is 15.9 Å². The van der Waals surface area contributed by atoms with E-state index < -0.39 is 10.0 Å². The fourth-order valence-corrected chi connectivity index (χ4v) is 4.28. The number of thiocarbonyl (C=S) groups is 1. The number of hydrogen-bond acceptors (Lipinski definition) is 7. The Balaban J connectivity index is 1.49.